The highest BCUT2D eigenvalue weighted by molar-refractivity contribution is 6.29. The summed E-state index contributed by atoms with van der Waals surface area (Å²) in [5.41, 5.74) is 1.83. The molecule has 3 heterocycles. The topological polar surface area (TPSA) is 72.5 Å². The van der Waals surface area contributed by atoms with Crippen molar-refractivity contribution in [3.63, 3.8) is 0 Å². The molecular formula is C30H28ClF6N4O3+. The first-order valence-corrected chi connectivity index (χ1v) is 14.0. The van der Waals surface area contributed by atoms with Crippen LogP contribution in [0.25, 0.3) is 6.08 Å². The number of fused-ring (bicyclic) bond motifs is 2. The minimum atomic E-state index is -4.88. The van der Waals surface area contributed by atoms with Gasteiger partial charge < -0.3 is 20.1 Å². The number of carbonyl (C=O) groups is 1. The zero-order valence-electron chi connectivity index (χ0n) is 23.1. The Kier molecular flexibility index (Phi) is 8.83. The van der Waals surface area contributed by atoms with Crippen molar-refractivity contribution in [2.75, 3.05) is 26.2 Å². The first-order valence-electron chi connectivity index (χ1n) is 13.7. The maximum absolute atomic E-state index is 14.2. The molecule has 234 valence electrons. The number of pyridine rings is 1. The maximum atomic E-state index is 14.2. The van der Waals surface area contributed by atoms with Crippen LogP contribution in [-0.2, 0) is 12.0 Å². The number of rotatable bonds is 7. The van der Waals surface area contributed by atoms with Crippen LogP contribution in [0.15, 0.2) is 66.9 Å². The lowest BCUT2D eigenvalue weighted by Crippen LogP contribution is -2.60. The van der Waals surface area contributed by atoms with Crippen molar-refractivity contribution < 1.29 is 40.6 Å². The fourth-order valence-electron chi connectivity index (χ4n) is 5.99. The molecule has 1 saturated heterocycles. The van der Waals surface area contributed by atoms with Gasteiger partial charge in [-0.3, -0.25) is 0 Å². The zero-order valence-corrected chi connectivity index (χ0v) is 23.9. The molecule has 2 amide bonds. The molecular weight excluding hydrogens is 614 g/mol. The Morgan fingerprint density at radius 1 is 0.977 bits per heavy atom. The van der Waals surface area contributed by atoms with Crippen LogP contribution in [0, 0.1) is 0 Å². The van der Waals surface area contributed by atoms with Crippen molar-refractivity contribution in [2.24, 2.45) is 0 Å². The molecule has 2 aromatic carbocycles. The summed E-state index contributed by atoms with van der Waals surface area (Å²) in [6, 6.07) is 12.3. The van der Waals surface area contributed by atoms with Gasteiger partial charge in [-0.1, -0.05) is 29.8 Å². The molecule has 2 aliphatic rings. The van der Waals surface area contributed by atoms with Crippen molar-refractivity contribution in [1.82, 2.24) is 20.1 Å². The normalized spacial score (nSPS) is 19.6. The van der Waals surface area contributed by atoms with E-state index >= 15 is 0 Å². The number of hydrogen-bond donors (Lipinski definition) is 2. The predicted molar refractivity (Wildman–Crippen MR) is 152 cm³/mol. The van der Waals surface area contributed by atoms with E-state index in [1.165, 1.54) is 48.7 Å². The third-order valence-electron chi connectivity index (χ3n) is 7.83. The molecule has 0 aliphatic carbocycles. The van der Waals surface area contributed by atoms with Gasteiger partial charge >= 0.3 is 18.8 Å². The van der Waals surface area contributed by atoms with Gasteiger partial charge in [-0.2, -0.15) is 0 Å². The number of urea groups is 1. The lowest BCUT2D eigenvalue weighted by atomic mass is 9.74. The number of ether oxygens (including phenoxy) is 2. The van der Waals surface area contributed by atoms with E-state index in [1.54, 1.807) is 24.3 Å². The zero-order chi connectivity index (χ0) is 31.6. The van der Waals surface area contributed by atoms with Crippen LogP contribution in [0.5, 0.6) is 11.5 Å². The van der Waals surface area contributed by atoms with E-state index in [2.05, 4.69) is 25.1 Å². The van der Waals surface area contributed by atoms with E-state index in [4.69, 9.17) is 11.6 Å². The lowest BCUT2D eigenvalue weighted by molar-refractivity contribution is -0.275. The smallest absolute Gasteiger partial charge is 0.406 e. The molecule has 7 nitrogen and oxygen atoms in total. The number of piperidine rings is 1. The van der Waals surface area contributed by atoms with Crippen molar-refractivity contribution in [3.05, 3.63) is 88.7 Å². The summed E-state index contributed by atoms with van der Waals surface area (Å²) in [4.78, 5) is 18.1. The summed E-state index contributed by atoms with van der Waals surface area (Å²) in [6.07, 6.45) is -3.61. The molecule has 3 aromatic rings. The van der Waals surface area contributed by atoms with E-state index in [-0.39, 0.29) is 46.8 Å². The summed E-state index contributed by atoms with van der Waals surface area (Å²) in [6.45, 7) is 1.76. The van der Waals surface area contributed by atoms with Crippen LogP contribution in [0.1, 0.15) is 29.5 Å². The van der Waals surface area contributed by atoms with E-state index in [9.17, 15) is 31.1 Å². The fourth-order valence-corrected chi connectivity index (χ4v) is 6.18. The van der Waals surface area contributed by atoms with Crippen molar-refractivity contribution in [3.8, 4) is 11.5 Å². The fraction of sp³-hybridized carbons (Fsp3) is 0.333. The third kappa shape index (κ3) is 7.28. The number of halogens is 7. The summed E-state index contributed by atoms with van der Waals surface area (Å²) < 4.78 is 85.0. The van der Waals surface area contributed by atoms with Gasteiger partial charge in [0.05, 0.1) is 5.41 Å². The second kappa shape index (κ2) is 12.3. The van der Waals surface area contributed by atoms with Gasteiger partial charge in [-0.15, -0.1) is 26.3 Å². The third-order valence-corrected chi connectivity index (χ3v) is 8.04. The van der Waals surface area contributed by atoms with Crippen LogP contribution in [-0.4, -0.2) is 49.9 Å². The maximum Gasteiger partial charge on any atom is 0.573 e. The van der Waals surface area contributed by atoms with Crippen LogP contribution < -0.4 is 24.6 Å². The van der Waals surface area contributed by atoms with Crippen LogP contribution >= 0.6 is 11.6 Å². The average molecular weight is 642 g/mol. The molecule has 14 heteroatoms. The highest BCUT2D eigenvalue weighted by atomic mass is 35.5. The number of amides is 2. The van der Waals surface area contributed by atoms with E-state index in [0.717, 1.165) is 0 Å². The summed E-state index contributed by atoms with van der Waals surface area (Å²) >= 11 is 6.01. The molecule has 1 atom stereocenters. The molecule has 44 heavy (non-hydrogen) atoms. The minimum absolute atomic E-state index is 0.116. The van der Waals surface area contributed by atoms with Gasteiger partial charge in [-0.05, 0) is 79.5 Å². The quantitative estimate of drug-likeness (QED) is 0.164. The monoisotopic (exact) mass is 641 g/mol. The molecule has 1 aromatic heterocycles. The molecule has 0 bridgehead atoms. The Bertz CT molecular complexity index is 1520. The number of benzene rings is 2. The standard InChI is InChI=1S/C30H27ClF6N4O3/c31-26-16-21(9-12-39-26)18-40-27(42)41(15-1-2-20-3-5-22(6-4-20)43-29(32,33)34)19-28(10-13-38-14-11-28)24-17-23(7-8-25(24)41)44-30(35,36)37/h1-9,12,16-17,38H,10-11,13-15,18-19H2/p+1/b2-1+. The van der Waals surface area contributed by atoms with Gasteiger partial charge in [0.2, 0.25) is 0 Å². The highest BCUT2D eigenvalue weighted by Gasteiger charge is 2.57. The Morgan fingerprint density at radius 2 is 1.64 bits per heavy atom. The highest BCUT2D eigenvalue weighted by Crippen LogP contribution is 2.51. The Morgan fingerprint density at radius 3 is 2.30 bits per heavy atom. The number of hydrogen-bond acceptors (Lipinski definition) is 5. The van der Waals surface area contributed by atoms with Crippen LogP contribution in [0.3, 0.4) is 0 Å². The summed E-state index contributed by atoms with van der Waals surface area (Å²) in [7, 11) is 0. The number of carbonyl (C=O) groups excluding carboxylic acids is 1. The molecule has 0 saturated carbocycles. The first kappa shape index (κ1) is 31.6. The molecule has 2 N–H and O–H groups in total. The summed E-state index contributed by atoms with van der Waals surface area (Å²) in [5.74, 6) is -0.732. The molecule has 1 fully saturated rings. The van der Waals surface area contributed by atoms with E-state index in [0.29, 0.717) is 48.3 Å². The average Bonchev–Trinajstić information content (AvgIpc) is 3.20. The molecule has 2 aliphatic heterocycles. The largest absolute Gasteiger partial charge is 0.573 e. The lowest BCUT2D eigenvalue weighted by Gasteiger charge is -2.36. The Balaban J connectivity index is 1.50. The van der Waals surface area contributed by atoms with Crippen LogP contribution in [0.2, 0.25) is 5.15 Å². The minimum Gasteiger partial charge on any atom is -0.406 e. The predicted octanol–water partition coefficient (Wildman–Crippen LogP) is 7.10. The van der Waals surface area contributed by atoms with Gasteiger partial charge in [0.25, 0.3) is 0 Å². The van der Waals surface area contributed by atoms with Gasteiger partial charge in [-0.25, -0.2) is 14.3 Å². The van der Waals surface area contributed by atoms with Gasteiger partial charge in [0, 0.05) is 24.4 Å². The molecule has 0 radical (unpaired) electrons. The number of aromatic nitrogens is 1. The van der Waals surface area contributed by atoms with Gasteiger partial charge in [0.1, 0.15) is 35.4 Å². The number of nitrogens with zero attached hydrogens (tertiary/aromatic N) is 2. The molecule has 1 spiro atoms. The van der Waals surface area contributed by atoms with Gasteiger partial charge in [0.15, 0.2) is 0 Å². The Hall–Kier alpha value is -3.81. The van der Waals surface area contributed by atoms with E-state index < -0.39 is 18.1 Å². The SMILES string of the molecule is O=C(NCc1ccnc(Cl)c1)[N+]1(C/C=C/c2ccc(OC(F)(F)F)cc2)CC2(CCNCC2)c2cc(OC(F)(F)F)ccc21. The number of nitrogens with one attached hydrogen (secondary N) is 2. The van der Waals surface area contributed by atoms with E-state index in [1.807, 2.05) is 0 Å². The van der Waals surface area contributed by atoms with Crippen molar-refractivity contribution >= 4 is 29.4 Å². The second-order valence-electron chi connectivity index (χ2n) is 10.7. The molecule has 5 rings (SSSR count). The second-order valence-corrected chi connectivity index (χ2v) is 11.1. The first-order chi connectivity index (χ1) is 20.8. The molecule has 1 unspecified atom stereocenters. The van der Waals surface area contributed by atoms with Crippen LogP contribution in [0.4, 0.5) is 36.8 Å². The summed E-state index contributed by atoms with van der Waals surface area (Å²) in [5, 5.41) is 6.50. The number of quaternary nitrogens is 1. The van der Waals surface area contributed by atoms with Crippen molar-refractivity contribution in [1.29, 1.82) is 0 Å². The Labute approximate surface area is 254 Å². The number of alkyl halides is 6. The van der Waals surface area contributed by atoms with Crippen molar-refractivity contribution in [2.45, 2.75) is 37.5 Å².